The topological polar surface area (TPSA) is 50.8 Å². The third kappa shape index (κ3) is 9.30. The van der Waals surface area contributed by atoms with Gasteiger partial charge in [-0.15, -0.1) is 12.4 Å². The second-order valence-electron chi connectivity index (χ2n) is 6.60. The molecule has 6 heteroatoms. The Morgan fingerprint density at radius 3 is 2.38 bits per heavy atom. The van der Waals surface area contributed by atoms with Gasteiger partial charge in [-0.1, -0.05) is 32.6 Å². The van der Waals surface area contributed by atoms with Crippen molar-refractivity contribution in [3.05, 3.63) is 24.3 Å². The van der Waals surface area contributed by atoms with E-state index in [2.05, 4.69) is 17.1 Å². The van der Waals surface area contributed by atoms with Gasteiger partial charge in [0.1, 0.15) is 12.4 Å². The van der Waals surface area contributed by atoms with Crippen molar-refractivity contribution < 1.29 is 14.3 Å². The van der Waals surface area contributed by atoms with Gasteiger partial charge in [-0.25, -0.2) is 4.79 Å². The second-order valence-corrected chi connectivity index (χ2v) is 6.60. The predicted molar refractivity (Wildman–Crippen MR) is 109 cm³/mol. The highest BCUT2D eigenvalue weighted by Crippen LogP contribution is 2.16. The summed E-state index contributed by atoms with van der Waals surface area (Å²) in [5.41, 5.74) is 0.723. The van der Waals surface area contributed by atoms with E-state index in [-0.39, 0.29) is 12.4 Å². The van der Waals surface area contributed by atoms with Crippen molar-refractivity contribution in [1.82, 2.24) is 4.90 Å². The summed E-state index contributed by atoms with van der Waals surface area (Å²) < 4.78 is 10.9. The van der Waals surface area contributed by atoms with Gasteiger partial charge in [0.2, 0.25) is 0 Å². The summed E-state index contributed by atoms with van der Waals surface area (Å²) in [6.07, 6.45) is 8.17. The molecule has 0 radical (unpaired) electrons. The number of rotatable bonds is 9. The Labute approximate surface area is 163 Å². The monoisotopic (exact) mass is 384 g/mol. The molecule has 0 spiro atoms. The number of hydrogen-bond acceptors (Lipinski definition) is 4. The summed E-state index contributed by atoms with van der Waals surface area (Å²) in [5, 5.41) is 2.76. The molecule has 1 saturated heterocycles. The molecule has 26 heavy (non-hydrogen) atoms. The number of halogens is 1. The number of hydrogen-bond donors (Lipinski definition) is 1. The lowest BCUT2D eigenvalue weighted by atomic mass is 10.2. The van der Waals surface area contributed by atoms with Crippen LogP contribution in [0.1, 0.15) is 51.9 Å². The van der Waals surface area contributed by atoms with Crippen LogP contribution in [0.5, 0.6) is 5.75 Å². The quantitative estimate of drug-likeness (QED) is 0.601. The number of amides is 1. The fourth-order valence-electron chi connectivity index (χ4n) is 2.96. The van der Waals surface area contributed by atoms with Crippen LogP contribution in [-0.4, -0.2) is 43.8 Å². The minimum absolute atomic E-state index is 0. The molecule has 0 bridgehead atoms. The molecule has 148 valence electrons. The maximum atomic E-state index is 11.9. The summed E-state index contributed by atoms with van der Waals surface area (Å²) in [6, 6.07) is 7.42. The van der Waals surface area contributed by atoms with Crippen molar-refractivity contribution in [1.29, 1.82) is 0 Å². The van der Waals surface area contributed by atoms with Crippen LogP contribution in [0.25, 0.3) is 0 Å². The van der Waals surface area contributed by atoms with E-state index in [0.29, 0.717) is 6.61 Å². The minimum atomic E-state index is -0.397. The van der Waals surface area contributed by atoms with E-state index in [4.69, 9.17) is 9.47 Å². The first-order valence-corrected chi connectivity index (χ1v) is 9.67. The number of nitrogens with zero attached hydrogens (tertiary/aromatic N) is 1. The molecule has 2 rings (SSSR count). The summed E-state index contributed by atoms with van der Waals surface area (Å²) in [6.45, 7) is 6.39. The molecule has 1 fully saturated rings. The molecule has 0 atom stereocenters. The molecule has 1 aromatic carbocycles. The van der Waals surface area contributed by atoms with Gasteiger partial charge in [0.15, 0.2) is 0 Å². The molecule has 1 aromatic rings. The van der Waals surface area contributed by atoms with Crippen LogP contribution in [0.2, 0.25) is 0 Å². The van der Waals surface area contributed by atoms with E-state index in [1.807, 2.05) is 24.3 Å². The van der Waals surface area contributed by atoms with Gasteiger partial charge in [0, 0.05) is 12.2 Å². The highest BCUT2D eigenvalue weighted by molar-refractivity contribution is 5.85. The van der Waals surface area contributed by atoms with E-state index < -0.39 is 6.09 Å². The van der Waals surface area contributed by atoms with Crippen LogP contribution in [-0.2, 0) is 4.74 Å². The fraction of sp³-hybridized carbons (Fsp3) is 0.650. The van der Waals surface area contributed by atoms with Crippen LogP contribution in [0, 0.1) is 0 Å². The van der Waals surface area contributed by atoms with Crippen molar-refractivity contribution in [2.24, 2.45) is 0 Å². The Morgan fingerprint density at radius 2 is 1.73 bits per heavy atom. The fourth-order valence-corrected chi connectivity index (χ4v) is 2.96. The lowest BCUT2D eigenvalue weighted by Gasteiger charge is -2.19. The Kier molecular flexibility index (Phi) is 11.9. The molecule has 1 heterocycles. The van der Waals surface area contributed by atoms with Gasteiger partial charge >= 0.3 is 6.09 Å². The van der Waals surface area contributed by atoms with Crippen LogP contribution in [0.3, 0.4) is 0 Å². The van der Waals surface area contributed by atoms with Gasteiger partial charge in [0.05, 0.1) is 6.61 Å². The minimum Gasteiger partial charge on any atom is -0.494 e. The van der Waals surface area contributed by atoms with Crippen LogP contribution in [0.4, 0.5) is 10.5 Å². The molecule has 1 N–H and O–H groups in total. The van der Waals surface area contributed by atoms with E-state index in [1.54, 1.807) is 0 Å². The number of ether oxygens (including phenoxy) is 2. The molecule has 1 amide bonds. The number of benzene rings is 1. The zero-order valence-corrected chi connectivity index (χ0v) is 16.7. The van der Waals surface area contributed by atoms with Gasteiger partial charge < -0.3 is 9.47 Å². The van der Waals surface area contributed by atoms with E-state index in [1.165, 1.54) is 38.5 Å². The number of anilines is 1. The highest BCUT2D eigenvalue weighted by atomic mass is 35.5. The maximum Gasteiger partial charge on any atom is 0.411 e. The van der Waals surface area contributed by atoms with Crippen molar-refractivity contribution in [3.63, 3.8) is 0 Å². The van der Waals surface area contributed by atoms with Crippen LogP contribution in [0.15, 0.2) is 24.3 Å². The molecule has 1 aliphatic heterocycles. The SMILES string of the molecule is CCCCCOc1ccc(NC(=O)OCCN2CCCCCC2)cc1.Cl. The Balaban J connectivity index is 0.00000338. The molecule has 0 aliphatic carbocycles. The van der Waals surface area contributed by atoms with Crippen molar-refractivity contribution >= 4 is 24.2 Å². The lowest BCUT2D eigenvalue weighted by Crippen LogP contribution is -2.30. The number of carbonyl (C=O) groups excluding carboxylic acids is 1. The molecular weight excluding hydrogens is 352 g/mol. The maximum absolute atomic E-state index is 11.9. The molecule has 5 nitrogen and oxygen atoms in total. The third-order valence-electron chi connectivity index (χ3n) is 4.46. The van der Waals surface area contributed by atoms with Crippen molar-refractivity contribution in [2.45, 2.75) is 51.9 Å². The largest absolute Gasteiger partial charge is 0.494 e. The molecule has 0 aromatic heterocycles. The number of carbonyl (C=O) groups is 1. The van der Waals surface area contributed by atoms with Gasteiger partial charge in [-0.3, -0.25) is 10.2 Å². The highest BCUT2D eigenvalue weighted by Gasteiger charge is 2.10. The number of unbranched alkanes of at least 4 members (excludes halogenated alkanes) is 2. The molecule has 0 saturated carbocycles. The Hall–Kier alpha value is -1.46. The van der Waals surface area contributed by atoms with Crippen molar-refractivity contribution in [3.8, 4) is 5.75 Å². The summed E-state index contributed by atoms with van der Waals surface area (Å²) in [5.74, 6) is 0.830. The van der Waals surface area contributed by atoms with Gasteiger partial charge in [-0.05, 0) is 56.6 Å². The van der Waals surface area contributed by atoms with Crippen molar-refractivity contribution in [2.75, 3.05) is 38.2 Å². The Morgan fingerprint density at radius 1 is 1.04 bits per heavy atom. The third-order valence-corrected chi connectivity index (χ3v) is 4.46. The summed E-state index contributed by atoms with van der Waals surface area (Å²) in [4.78, 5) is 14.2. The van der Waals surface area contributed by atoms with Crippen LogP contribution < -0.4 is 10.1 Å². The lowest BCUT2D eigenvalue weighted by molar-refractivity contribution is 0.140. The van der Waals surface area contributed by atoms with Crippen LogP contribution >= 0.6 is 12.4 Å². The predicted octanol–water partition coefficient (Wildman–Crippen LogP) is 5.10. The van der Waals surface area contributed by atoms with E-state index in [0.717, 1.165) is 44.1 Å². The number of likely N-dealkylation sites (tertiary alicyclic amines) is 1. The molecule has 0 unspecified atom stereocenters. The first-order valence-electron chi connectivity index (χ1n) is 9.67. The average Bonchev–Trinajstić information content (AvgIpc) is 2.89. The standard InChI is InChI=1S/C20H32N2O3.ClH/c1-2-3-8-16-24-19-11-9-18(10-12-19)21-20(23)25-17-15-22-13-6-4-5-7-14-22;/h9-12H,2-8,13-17H2,1H3,(H,21,23);1H. The molecular formula is C20H33ClN2O3. The van der Waals surface area contributed by atoms with Gasteiger partial charge in [-0.2, -0.15) is 0 Å². The zero-order chi connectivity index (χ0) is 17.7. The summed E-state index contributed by atoms with van der Waals surface area (Å²) in [7, 11) is 0. The zero-order valence-electron chi connectivity index (χ0n) is 15.9. The summed E-state index contributed by atoms with van der Waals surface area (Å²) >= 11 is 0. The van der Waals surface area contributed by atoms with E-state index >= 15 is 0 Å². The first kappa shape index (κ1) is 22.6. The smallest absolute Gasteiger partial charge is 0.411 e. The average molecular weight is 385 g/mol. The van der Waals surface area contributed by atoms with E-state index in [9.17, 15) is 4.79 Å². The number of nitrogens with one attached hydrogen (secondary N) is 1. The second kappa shape index (κ2) is 13.7. The Bertz CT molecular complexity index is 488. The first-order chi connectivity index (χ1) is 12.3. The molecule has 1 aliphatic rings. The normalized spacial score (nSPS) is 14.8. The van der Waals surface area contributed by atoms with Gasteiger partial charge in [0.25, 0.3) is 0 Å².